The summed E-state index contributed by atoms with van der Waals surface area (Å²) >= 11 is 12.0. The smallest absolute Gasteiger partial charge is 0.223 e. The maximum atomic E-state index is 12.1. The Morgan fingerprint density at radius 1 is 1.24 bits per heavy atom. The Hall–Kier alpha value is -0.810. The van der Waals surface area contributed by atoms with Gasteiger partial charge in [0.05, 0.1) is 0 Å². The first kappa shape index (κ1) is 16.6. The van der Waals surface area contributed by atoms with Crippen molar-refractivity contribution in [2.45, 2.75) is 13.0 Å². The van der Waals surface area contributed by atoms with Gasteiger partial charge in [-0.3, -0.25) is 4.79 Å². The quantitative estimate of drug-likeness (QED) is 0.899. The lowest BCUT2D eigenvalue weighted by molar-refractivity contribution is -0.132. The number of carbonyl (C=O) groups is 1. The van der Waals surface area contributed by atoms with Gasteiger partial charge in [0.1, 0.15) is 0 Å². The van der Waals surface area contributed by atoms with Gasteiger partial charge in [-0.05, 0) is 30.8 Å². The Morgan fingerprint density at radius 3 is 2.48 bits per heavy atom. The summed E-state index contributed by atoms with van der Waals surface area (Å²) in [6, 6.07) is 5.53. The molecule has 1 aromatic rings. The predicted octanol–water partition coefficient (Wildman–Crippen LogP) is 2.25. The van der Waals surface area contributed by atoms with Crippen LogP contribution in [0.5, 0.6) is 0 Å². The van der Waals surface area contributed by atoms with E-state index in [1.54, 1.807) is 6.07 Å². The fourth-order valence-corrected chi connectivity index (χ4v) is 3.02. The van der Waals surface area contributed by atoms with E-state index in [1.807, 2.05) is 24.1 Å². The summed E-state index contributed by atoms with van der Waals surface area (Å²) < 4.78 is 0. The summed E-state index contributed by atoms with van der Waals surface area (Å²) in [5, 5.41) is 4.53. The highest BCUT2D eigenvalue weighted by atomic mass is 35.5. The Balaban J connectivity index is 1.78. The molecule has 0 radical (unpaired) electrons. The average Bonchev–Trinajstić information content (AvgIpc) is 2.44. The number of amides is 1. The van der Waals surface area contributed by atoms with Crippen molar-refractivity contribution < 1.29 is 4.79 Å². The van der Waals surface area contributed by atoms with Crippen molar-refractivity contribution in [3.05, 3.63) is 33.8 Å². The minimum absolute atomic E-state index is 0.229. The molecule has 116 valence electrons. The highest BCUT2D eigenvalue weighted by Crippen LogP contribution is 2.19. The highest BCUT2D eigenvalue weighted by molar-refractivity contribution is 6.34. The summed E-state index contributed by atoms with van der Waals surface area (Å²) in [5.41, 5.74) is 1.06. The molecule has 0 aromatic heterocycles. The van der Waals surface area contributed by atoms with E-state index in [4.69, 9.17) is 23.2 Å². The molecule has 1 amide bonds. The van der Waals surface area contributed by atoms with Gasteiger partial charge >= 0.3 is 0 Å². The number of carbonyl (C=O) groups excluding carboxylic acids is 1. The van der Waals surface area contributed by atoms with E-state index in [0.29, 0.717) is 16.5 Å². The first-order chi connectivity index (χ1) is 10.0. The first-order valence-electron chi connectivity index (χ1n) is 7.16. The van der Waals surface area contributed by atoms with Gasteiger partial charge in [-0.25, -0.2) is 0 Å². The van der Waals surface area contributed by atoms with Gasteiger partial charge < -0.3 is 15.1 Å². The Bertz CT molecular complexity index is 470. The van der Waals surface area contributed by atoms with Crippen molar-refractivity contribution in [2.24, 2.45) is 0 Å². The average molecular weight is 330 g/mol. The van der Waals surface area contributed by atoms with Crippen molar-refractivity contribution in [3.8, 4) is 0 Å². The molecule has 0 bridgehead atoms. The molecule has 2 rings (SSSR count). The van der Waals surface area contributed by atoms with Crippen LogP contribution in [0.25, 0.3) is 0 Å². The van der Waals surface area contributed by atoms with Crippen LogP contribution in [-0.2, 0) is 11.3 Å². The molecule has 1 saturated heterocycles. The fraction of sp³-hybridized carbons (Fsp3) is 0.533. The third kappa shape index (κ3) is 5.47. The van der Waals surface area contributed by atoms with Crippen LogP contribution >= 0.6 is 23.2 Å². The van der Waals surface area contributed by atoms with Crippen LogP contribution in [0.1, 0.15) is 12.0 Å². The largest absolute Gasteiger partial charge is 0.340 e. The van der Waals surface area contributed by atoms with E-state index < -0.39 is 0 Å². The lowest BCUT2D eigenvalue weighted by Crippen LogP contribution is -2.47. The van der Waals surface area contributed by atoms with Gasteiger partial charge in [-0.15, -0.1) is 0 Å². The molecule has 1 fully saturated rings. The topological polar surface area (TPSA) is 35.6 Å². The molecule has 0 saturated carbocycles. The monoisotopic (exact) mass is 329 g/mol. The summed E-state index contributed by atoms with van der Waals surface area (Å²) in [4.78, 5) is 16.1. The van der Waals surface area contributed by atoms with Crippen LogP contribution in [-0.4, -0.2) is 55.5 Å². The molecule has 1 heterocycles. The highest BCUT2D eigenvalue weighted by Gasteiger charge is 2.16. The normalized spacial score (nSPS) is 15.5. The Labute approximate surface area is 136 Å². The number of rotatable bonds is 5. The minimum Gasteiger partial charge on any atom is -0.340 e. The number of hydrogen-bond donors (Lipinski definition) is 1. The molecular weight excluding hydrogens is 309 g/mol. The molecule has 21 heavy (non-hydrogen) atoms. The zero-order chi connectivity index (χ0) is 15.2. The predicted molar refractivity (Wildman–Crippen MR) is 86.9 cm³/mol. The van der Waals surface area contributed by atoms with Crippen LogP contribution in [0, 0.1) is 0 Å². The third-order valence-electron chi connectivity index (χ3n) is 3.55. The molecule has 0 unspecified atom stereocenters. The van der Waals surface area contributed by atoms with E-state index in [9.17, 15) is 4.79 Å². The van der Waals surface area contributed by atoms with Crippen LogP contribution in [0.4, 0.5) is 0 Å². The maximum absolute atomic E-state index is 12.1. The Morgan fingerprint density at radius 2 is 1.86 bits per heavy atom. The number of piperazine rings is 1. The lowest BCUT2D eigenvalue weighted by atomic mass is 10.2. The molecular formula is C15H21Cl2N3O. The zero-order valence-electron chi connectivity index (χ0n) is 12.2. The standard InChI is InChI=1S/C15H21Cl2N3O/c1-19(11-12-8-13(16)10-14(17)9-12)5-2-15(21)20-6-3-18-4-7-20/h8-10,18H,2-7,11H2,1H3. The second-order valence-electron chi connectivity index (χ2n) is 5.40. The second kappa shape index (κ2) is 7.99. The van der Waals surface area contributed by atoms with Gasteiger partial charge in [0.15, 0.2) is 0 Å². The van der Waals surface area contributed by atoms with Crippen LogP contribution in [0.15, 0.2) is 18.2 Å². The van der Waals surface area contributed by atoms with Gasteiger partial charge in [0.25, 0.3) is 0 Å². The second-order valence-corrected chi connectivity index (χ2v) is 6.27. The molecule has 6 heteroatoms. The molecule has 1 aliphatic rings. The molecule has 0 aliphatic carbocycles. The van der Waals surface area contributed by atoms with E-state index in [1.165, 1.54) is 0 Å². The van der Waals surface area contributed by atoms with Crippen LogP contribution < -0.4 is 5.32 Å². The van der Waals surface area contributed by atoms with Gasteiger partial charge in [0.2, 0.25) is 5.91 Å². The maximum Gasteiger partial charge on any atom is 0.223 e. The molecule has 4 nitrogen and oxygen atoms in total. The minimum atomic E-state index is 0.229. The number of benzene rings is 1. The molecule has 1 N–H and O–H groups in total. The number of nitrogens with one attached hydrogen (secondary N) is 1. The molecule has 0 spiro atoms. The third-order valence-corrected chi connectivity index (χ3v) is 3.99. The van der Waals surface area contributed by atoms with Gasteiger partial charge in [0, 0.05) is 55.7 Å². The summed E-state index contributed by atoms with van der Waals surface area (Å²) in [6.07, 6.45) is 0.546. The molecule has 1 aliphatic heterocycles. The summed E-state index contributed by atoms with van der Waals surface area (Å²) in [6.45, 7) is 4.87. The number of hydrogen-bond acceptors (Lipinski definition) is 3. The van der Waals surface area contributed by atoms with Crippen LogP contribution in [0.3, 0.4) is 0 Å². The first-order valence-corrected chi connectivity index (χ1v) is 7.92. The van der Waals surface area contributed by atoms with Crippen molar-refractivity contribution in [1.82, 2.24) is 15.1 Å². The number of halogens is 2. The van der Waals surface area contributed by atoms with Crippen molar-refractivity contribution in [1.29, 1.82) is 0 Å². The summed E-state index contributed by atoms with van der Waals surface area (Å²) in [7, 11) is 2.00. The van der Waals surface area contributed by atoms with E-state index >= 15 is 0 Å². The fourth-order valence-electron chi connectivity index (χ4n) is 2.45. The van der Waals surface area contributed by atoms with Gasteiger partial charge in [-0.1, -0.05) is 23.2 Å². The van der Waals surface area contributed by atoms with Crippen molar-refractivity contribution in [2.75, 3.05) is 39.8 Å². The van der Waals surface area contributed by atoms with Gasteiger partial charge in [-0.2, -0.15) is 0 Å². The zero-order valence-corrected chi connectivity index (χ0v) is 13.8. The van der Waals surface area contributed by atoms with E-state index in [0.717, 1.165) is 44.8 Å². The molecule has 0 atom stereocenters. The lowest BCUT2D eigenvalue weighted by Gasteiger charge is -2.28. The Kier molecular flexibility index (Phi) is 6.30. The summed E-state index contributed by atoms with van der Waals surface area (Å²) in [5.74, 6) is 0.229. The van der Waals surface area contributed by atoms with Crippen molar-refractivity contribution in [3.63, 3.8) is 0 Å². The van der Waals surface area contributed by atoms with Crippen LogP contribution in [0.2, 0.25) is 10.0 Å². The van der Waals surface area contributed by atoms with E-state index in [2.05, 4.69) is 10.2 Å². The number of nitrogens with zero attached hydrogens (tertiary/aromatic N) is 2. The molecule has 1 aromatic carbocycles. The SMILES string of the molecule is CN(CCC(=O)N1CCNCC1)Cc1cc(Cl)cc(Cl)c1. The van der Waals surface area contributed by atoms with E-state index in [-0.39, 0.29) is 5.91 Å². The van der Waals surface area contributed by atoms with Crippen molar-refractivity contribution >= 4 is 29.1 Å².